The van der Waals surface area contributed by atoms with Gasteiger partial charge in [0, 0.05) is 23.3 Å². The van der Waals surface area contributed by atoms with E-state index in [-0.39, 0.29) is 16.5 Å². The summed E-state index contributed by atoms with van der Waals surface area (Å²) in [5.74, 6) is -0.0337. The van der Waals surface area contributed by atoms with E-state index in [4.69, 9.17) is 11.3 Å². The molecule has 0 amide bonds. The maximum absolute atomic E-state index is 13.3. The second-order valence-electron chi connectivity index (χ2n) is 7.64. The van der Waals surface area contributed by atoms with Crippen molar-refractivity contribution >= 4 is 38.2 Å². The molecule has 2 heterocycles. The quantitative estimate of drug-likeness (QED) is 0.320. The third-order valence-electron chi connectivity index (χ3n) is 5.51. The third-order valence-corrected chi connectivity index (χ3v) is 8.10. The van der Waals surface area contributed by atoms with Gasteiger partial charge in [-0.25, -0.2) is 22.6 Å². The summed E-state index contributed by atoms with van der Waals surface area (Å²) in [5.41, 5.74) is 3.46. The predicted molar refractivity (Wildman–Crippen MR) is 130 cm³/mol. The summed E-state index contributed by atoms with van der Waals surface area (Å²) in [7, 11) is -3.58. The summed E-state index contributed by atoms with van der Waals surface area (Å²) < 4.78 is 44.8. The normalized spacial score (nSPS) is 13.1. The molecule has 6 nitrogen and oxygen atoms in total. The third kappa shape index (κ3) is 4.25. The predicted octanol–water partition coefficient (Wildman–Crippen LogP) is 6.00. The number of benzene rings is 3. The van der Waals surface area contributed by atoms with Crippen molar-refractivity contribution in [1.82, 2.24) is 4.98 Å². The molecule has 0 saturated heterocycles. The molecular formula is C25H18FN3O3S2. The van der Waals surface area contributed by atoms with E-state index in [2.05, 4.69) is 9.83 Å². The van der Waals surface area contributed by atoms with Crippen molar-refractivity contribution < 1.29 is 17.5 Å². The van der Waals surface area contributed by atoms with Gasteiger partial charge in [-0.2, -0.15) is 0 Å². The number of fused-ring (bicyclic) bond motifs is 1. The summed E-state index contributed by atoms with van der Waals surface area (Å²) in [5, 5.41) is 2.28. The number of thiazole rings is 1. The highest BCUT2D eigenvalue weighted by atomic mass is 32.2. The average molecular weight is 492 g/mol. The van der Waals surface area contributed by atoms with Crippen LogP contribution >= 0.6 is 11.3 Å². The van der Waals surface area contributed by atoms with Crippen LogP contribution in [0.5, 0.6) is 5.75 Å². The van der Waals surface area contributed by atoms with Crippen molar-refractivity contribution in [1.29, 1.82) is 0 Å². The van der Waals surface area contributed by atoms with Crippen LogP contribution in [0.2, 0.25) is 0 Å². The second kappa shape index (κ2) is 8.89. The van der Waals surface area contributed by atoms with E-state index in [9.17, 15) is 12.8 Å². The molecule has 0 radical (unpaired) electrons. The number of sulfone groups is 1. The lowest BCUT2D eigenvalue weighted by Gasteiger charge is -2.32. The van der Waals surface area contributed by atoms with Crippen LogP contribution in [-0.2, 0) is 15.6 Å². The van der Waals surface area contributed by atoms with Gasteiger partial charge in [-0.05, 0) is 47.5 Å². The minimum Gasteiger partial charge on any atom is -0.489 e. The molecule has 1 aliphatic rings. The van der Waals surface area contributed by atoms with Gasteiger partial charge in [0.15, 0.2) is 9.84 Å². The second-order valence-corrected chi connectivity index (χ2v) is 10.6. The lowest BCUT2D eigenvalue weighted by atomic mass is 10.0. The Kier molecular flexibility index (Phi) is 5.77. The SMILES string of the molecule is [C-]#[N+]c1cc(-c2ccc(F)cc2)ccc1N1CCOc2cc(S(=O)(=O)Cc3nccs3)ccc21. The van der Waals surface area contributed by atoms with Crippen LogP contribution in [-0.4, -0.2) is 26.6 Å². The Morgan fingerprint density at radius 2 is 1.82 bits per heavy atom. The molecule has 1 aromatic heterocycles. The first-order chi connectivity index (χ1) is 16.4. The van der Waals surface area contributed by atoms with Crippen molar-refractivity contribution in [2.75, 3.05) is 18.1 Å². The molecule has 5 rings (SSSR count). The summed E-state index contributed by atoms with van der Waals surface area (Å²) >= 11 is 1.30. The van der Waals surface area contributed by atoms with Gasteiger partial charge in [-0.3, -0.25) is 0 Å². The maximum Gasteiger partial charge on any atom is 0.210 e. The van der Waals surface area contributed by atoms with Crippen molar-refractivity contribution in [3.05, 3.63) is 94.5 Å². The zero-order chi connectivity index (χ0) is 23.7. The van der Waals surface area contributed by atoms with Crippen molar-refractivity contribution in [3.8, 4) is 16.9 Å². The fraction of sp³-hybridized carbons (Fsp3) is 0.120. The molecular weight excluding hydrogens is 473 g/mol. The number of hydrogen-bond donors (Lipinski definition) is 0. The zero-order valence-electron chi connectivity index (χ0n) is 17.8. The number of nitrogens with zero attached hydrogens (tertiary/aromatic N) is 3. The van der Waals surface area contributed by atoms with Crippen LogP contribution in [0.1, 0.15) is 5.01 Å². The van der Waals surface area contributed by atoms with Crippen LogP contribution in [0, 0.1) is 12.4 Å². The Hall–Kier alpha value is -3.74. The fourth-order valence-corrected chi connectivity index (χ4v) is 6.14. The Bertz CT molecular complexity index is 1500. The summed E-state index contributed by atoms with van der Waals surface area (Å²) in [6.07, 6.45) is 1.58. The van der Waals surface area contributed by atoms with E-state index in [1.165, 1.54) is 29.5 Å². The fourth-order valence-electron chi connectivity index (χ4n) is 3.88. The molecule has 0 unspecified atom stereocenters. The van der Waals surface area contributed by atoms with Crippen LogP contribution in [0.3, 0.4) is 0 Å². The zero-order valence-corrected chi connectivity index (χ0v) is 19.4. The molecule has 4 aromatic rings. The van der Waals surface area contributed by atoms with Gasteiger partial charge in [-0.15, -0.1) is 11.3 Å². The standard InChI is InChI=1S/C25H18FN3O3S2/c1-27-21-14-18(17-2-5-19(26)6-3-17)4-8-22(21)29-11-12-32-24-15-20(7-9-23(24)29)34(30,31)16-25-28-10-13-33-25/h2-10,13-15H,11-12,16H2. The van der Waals surface area contributed by atoms with Crippen LogP contribution in [0.4, 0.5) is 21.5 Å². The summed E-state index contributed by atoms with van der Waals surface area (Å²) in [4.78, 5) is 9.91. The number of halogens is 1. The number of hydrogen-bond acceptors (Lipinski definition) is 6. The Morgan fingerprint density at radius 3 is 2.56 bits per heavy atom. The van der Waals surface area contributed by atoms with E-state index in [0.29, 0.717) is 41.0 Å². The number of aromatic nitrogens is 1. The molecule has 3 aromatic carbocycles. The molecule has 0 bridgehead atoms. The minimum absolute atomic E-state index is 0.167. The Morgan fingerprint density at radius 1 is 1.06 bits per heavy atom. The Balaban J connectivity index is 1.49. The van der Waals surface area contributed by atoms with Crippen molar-refractivity contribution in [2.45, 2.75) is 10.6 Å². The van der Waals surface area contributed by atoms with E-state index >= 15 is 0 Å². The molecule has 0 atom stereocenters. The van der Waals surface area contributed by atoms with Crippen molar-refractivity contribution in [2.24, 2.45) is 0 Å². The smallest absolute Gasteiger partial charge is 0.210 e. The van der Waals surface area contributed by atoms with E-state index in [1.54, 1.807) is 41.9 Å². The topological polar surface area (TPSA) is 63.9 Å². The van der Waals surface area contributed by atoms with Gasteiger partial charge in [0.25, 0.3) is 0 Å². The van der Waals surface area contributed by atoms with E-state index < -0.39 is 9.84 Å². The largest absolute Gasteiger partial charge is 0.489 e. The van der Waals surface area contributed by atoms with Crippen LogP contribution < -0.4 is 9.64 Å². The average Bonchev–Trinajstić information content (AvgIpc) is 3.36. The van der Waals surface area contributed by atoms with Crippen LogP contribution in [0.15, 0.2) is 77.1 Å². The number of anilines is 2. The van der Waals surface area contributed by atoms with E-state index in [0.717, 1.165) is 11.1 Å². The van der Waals surface area contributed by atoms with Gasteiger partial charge in [0.1, 0.15) is 28.9 Å². The maximum atomic E-state index is 13.3. The molecule has 34 heavy (non-hydrogen) atoms. The highest BCUT2D eigenvalue weighted by Crippen LogP contribution is 2.43. The van der Waals surface area contributed by atoms with Gasteiger partial charge >= 0.3 is 0 Å². The first-order valence-corrected chi connectivity index (χ1v) is 12.9. The van der Waals surface area contributed by atoms with Gasteiger partial charge < -0.3 is 9.64 Å². The highest BCUT2D eigenvalue weighted by molar-refractivity contribution is 7.90. The van der Waals surface area contributed by atoms with Gasteiger partial charge in [0.05, 0.1) is 23.7 Å². The Labute approximate surface area is 200 Å². The van der Waals surface area contributed by atoms with Gasteiger partial charge in [-0.1, -0.05) is 18.2 Å². The van der Waals surface area contributed by atoms with E-state index in [1.807, 2.05) is 17.0 Å². The van der Waals surface area contributed by atoms with Crippen LogP contribution in [0.25, 0.3) is 16.0 Å². The monoisotopic (exact) mass is 491 g/mol. The first kappa shape index (κ1) is 22.1. The highest BCUT2D eigenvalue weighted by Gasteiger charge is 2.25. The van der Waals surface area contributed by atoms with Crippen molar-refractivity contribution in [3.63, 3.8) is 0 Å². The molecule has 1 aliphatic heterocycles. The molecule has 0 N–H and O–H groups in total. The first-order valence-electron chi connectivity index (χ1n) is 10.4. The summed E-state index contributed by atoms with van der Waals surface area (Å²) in [6, 6.07) is 16.5. The molecule has 0 aliphatic carbocycles. The lowest BCUT2D eigenvalue weighted by Crippen LogP contribution is -2.28. The molecule has 0 fully saturated rings. The molecule has 0 spiro atoms. The number of ether oxygens (including phenoxy) is 1. The van der Waals surface area contributed by atoms with Gasteiger partial charge in [0.2, 0.25) is 5.69 Å². The lowest BCUT2D eigenvalue weighted by molar-refractivity contribution is 0.313. The molecule has 0 saturated carbocycles. The molecule has 170 valence electrons. The summed E-state index contributed by atoms with van der Waals surface area (Å²) in [6.45, 7) is 8.57. The minimum atomic E-state index is -3.58. The number of rotatable bonds is 5. The molecule has 9 heteroatoms.